The second-order valence-electron chi connectivity index (χ2n) is 5.27. The topological polar surface area (TPSA) is 103 Å². The van der Waals surface area contributed by atoms with E-state index in [1.54, 1.807) is 35.3 Å². The van der Waals surface area contributed by atoms with Crippen molar-refractivity contribution in [2.24, 2.45) is 0 Å². The Morgan fingerprint density at radius 1 is 1.15 bits per heavy atom. The van der Waals surface area contributed by atoms with Gasteiger partial charge in [0.15, 0.2) is 0 Å². The molecule has 0 fully saturated rings. The van der Waals surface area contributed by atoms with Gasteiger partial charge in [0, 0.05) is 12.4 Å². The third kappa shape index (κ3) is 3.35. The maximum Gasteiger partial charge on any atom is 0.297 e. The second kappa shape index (κ2) is 6.70. The Kier molecular flexibility index (Phi) is 4.23. The van der Waals surface area contributed by atoms with Crippen molar-refractivity contribution in [2.75, 3.05) is 5.32 Å². The fraction of sp³-hybridized carbons (Fsp3) is 0.0667. The summed E-state index contributed by atoms with van der Waals surface area (Å²) in [5.74, 6) is -0.0787. The Morgan fingerprint density at radius 3 is 2.85 bits per heavy atom. The molecule has 9 nitrogen and oxygen atoms in total. The van der Waals surface area contributed by atoms with Gasteiger partial charge in [0.2, 0.25) is 11.8 Å². The molecule has 3 aromatic heterocycles. The molecule has 0 aliphatic heterocycles. The highest BCUT2D eigenvalue weighted by molar-refractivity contribution is 6.42. The molecule has 26 heavy (non-hydrogen) atoms. The number of nitrogens with one attached hydrogen (secondary N) is 1. The van der Waals surface area contributed by atoms with E-state index in [1.165, 1.54) is 10.8 Å². The van der Waals surface area contributed by atoms with Gasteiger partial charge < -0.3 is 0 Å². The van der Waals surface area contributed by atoms with Crippen molar-refractivity contribution in [3.05, 3.63) is 64.4 Å². The highest BCUT2D eigenvalue weighted by Gasteiger charge is 2.15. The summed E-state index contributed by atoms with van der Waals surface area (Å²) in [6.45, 7) is 0.427. The Labute approximate surface area is 156 Å². The highest BCUT2D eigenvalue weighted by atomic mass is 35.5. The van der Waals surface area contributed by atoms with Crippen LogP contribution < -0.4 is 5.32 Å². The number of benzene rings is 1. The second-order valence-corrected chi connectivity index (χ2v) is 6.08. The fourth-order valence-electron chi connectivity index (χ4n) is 2.24. The molecule has 1 aromatic carbocycles. The van der Waals surface area contributed by atoms with Gasteiger partial charge in [-0.2, -0.15) is 4.98 Å². The van der Waals surface area contributed by atoms with Crippen molar-refractivity contribution < 1.29 is 4.79 Å². The molecule has 0 radical (unpaired) electrons. The maximum atomic E-state index is 12.2. The molecule has 4 aromatic rings. The summed E-state index contributed by atoms with van der Waals surface area (Å²) in [7, 11) is 0. The number of carbonyl (C=O) groups is 1. The van der Waals surface area contributed by atoms with Crippen molar-refractivity contribution in [1.29, 1.82) is 0 Å². The Morgan fingerprint density at radius 2 is 2.04 bits per heavy atom. The quantitative estimate of drug-likeness (QED) is 0.575. The SMILES string of the molecule is O=C(Nc1ncn(Cc2ccc(Cl)c(Cl)c2)n1)c1nc2ncccn2n1. The first-order chi connectivity index (χ1) is 12.6. The molecule has 0 atom stereocenters. The molecule has 0 bridgehead atoms. The first-order valence-corrected chi connectivity index (χ1v) is 8.16. The van der Waals surface area contributed by atoms with E-state index in [9.17, 15) is 4.79 Å². The summed E-state index contributed by atoms with van der Waals surface area (Å²) in [5.41, 5.74) is 0.898. The lowest BCUT2D eigenvalue weighted by Gasteiger charge is -2.03. The predicted octanol–water partition coefficient (Wildman–Crippen LogP) is 2.32. The van der Waals surface area contributed by atoms with Gasteiger partial charge in [-0.15, -0.1) is 10.2 Å². The number of nitrogens with zero attached hydrogens (tertiary/aromatic N) is 7. The number of fused-ring (bicyclic) bond motifs is 1. The van der Waals surface area contributed by atoms with E-state index in [0.717, 1.165) is 5.56 Å². The fourth-order valence-corrected chi connectivity index (χ4v) is 2.56. The van der Waals surface area contributed by atoms with E-state index in [2.05, 4.69) is 30.5 Å². The normalized spacial score (nSPS) is 11.0. The van der Waals surface area contributed by atoms with Crippen LogP contribution in [0.5, 0.6) is 0 Å². The van der Waals surface area contributed by atoms with E-state index in [-0.39, 0.29) is 11.8 Å². The third-order valence-electron chi connectivity index (χ3n) is 3.41. The van der Waals surface area contributed by atoms with E-state index in [4.69, 9.17) is 23.2 Å². The van der Waals surface area contributed by atoms with Crippen LogP contribution in [-0.4, -0.2) is 40.3 Å². The molecule has 3 heterocycles. The van der Waals surface area contributed by atoms with Crippen LogP contribution in [0, 0.1) is 0 Å². The van der Waals surface area contributed by atoms with E-state index in [1.807, 2.05) is 6.07 Å². The number of amides is 1. The van der Waals surface area contributed by atoms with E-state index < -0.39 is 5.91 Å². The lowest BCUT2D eigenvalue weighted by atomic mass is 10.2. The molecular formula is C15H10Cl2N8O. The van der Waals surface area contributed by atoms with Crippen molar-refractivity contribution in [1.82, 2.24) is 34.3 Å². The number of carbonyl (C=O) groups excluding carboxylic acids is 1. The van der Waals surface area contributed by atoms with Crippen molar-refractivity contribution in [3.63, 3.8) is 0 Å². The Hall–Kier alpha value is -3.04. The number of hydrogen-bond acceptors (Lipinski definition) is 6. The van der Waals surface area contributed by atoms with E-state index in [0.29, 0.717) is 22.4 Å². The number of rotatable bonds is 4. The zero-order chi connectivity index (χ0) is 18.1. The summed E-state index contributed by atoms with van der Waals surface area (Å²) in [6, 6.07) is 6.98. The van der Waals surface area contributed by atoms with Crippen LogP contribution in [0.3, 0.4) is 0 Å². The van der Waals surface area contributed by atoms with Gasteiger partial charge in [0.1, 0.15) is 6.33 Å². The smallest absolute Gasteiger partial charge is 0.286 e. The van der Waals surface area contributed by atoms with Gasteiger partial charge in [0.25, 0.3) is 11.7 Å². The van der Waals surface area contributed by atoms with Gasteiger partial charge in [-0.05, 0) is 23.8 Å². The first-order valence-electron chi connectivity index (χ1n) is 7.40. The number of hydrogen-bond donors (Lipinski definition) is 1. The van der Waals surface area contributed by atoms with Crippen LogP contribution >= 0.6 is 23.2 Å². The van der Waals surface area contributed by atoms with E-state index >= 15 is 0 Å². The number of aromatic nitrogens is 7. The average molecular weight is 389 g/mol. The minimum atomic E-state index is -0.525. The molecule has 0 saturated heterocycles. The summed E-state index contributed by atoms with van der Waals surface area (Å²) >= 11 is 11.9. The maximum absolute atomic E-state index is 12.2. The molecule has 0 spiro atoms. The van der Waals surface area contributed by atoms with Crippen molar-refractivity contribution >= 4 is 40.8 Å². The third-order valence-corrected chi connectivity index (χ3v) is 4.15. The highest BCUT2D eigenvalue weighted by Crippen LogP contribution is 2.22. The lowest BCUT2D eigenvalue weighted by molar-refractivity contribution is 0.101. The van der Waals surface area contributed by atoms with Gasteiger partial charge in [-0.1, -0.05) is 29.3 Å². The standard InChI is InChI=1S/C15H10Cl2N8O/c16-10-3-2-9(6-11(10)17)7-24-8-19-14(23-24)21-13(26)12-20-15-18-4-1-5-25(15)22-12/h1-6,8H,7H2,(H,21,23,26). The van der Waals surface area contributed by atoms with Crippen molar-refractivity contribution in [3.8, 4) is 0 Å². The van der Waals surface area contributed by atoms with Crippen molar-refractivity contribution in [2.45, 2.75) is 6.54 Å². The molecule has 1 N–H and O–H groups in total. The van der Waals surface area contributed by atoms with Crippen LogP contribution in [0.2, 0.25) is 10.0 Å². The van der Waals surface area contributed by atoms with Crippen LogP contribution in [0.1, 0.15) is 16.2 Å². The van der Waals surface area contributed by atoms with Gasteiger partial charge in [-0.25, -0.2) is 19.2 Å². The zero-order valence-electron chi connectivity index (χ0n) is 13.0. The van der Waals surface area contributed by atoms with Gasteiger partial charge in [0.05, 0.1) is 16.6 Å². The molecule has 130 valence electrons. The molecule has 11 heteroatoms. The Bertz CT molecular complexity index is 1070. The average Bonchev–Trinajstić information content (AvgIpc) is 3.25. The molecule has 0 unspecified atom stereocenters. The van der Waals surface area contributed by atoms with Crippen LogP contribution in [0.25, 0.3) is 5.78 Å². The van der Waals surface area contributed by atoms with Crippen LogP contribution in [-0.2, 0) is 6.54 Å². The van der Waals surface area contributed by atoms with Gasteiger partial charge >= 0.3 is 0 Å². The summed E-state index contributed by atoms with van der Waals surface area (Å²) in [5, 5.41) is 11.7. The summed E-state index contributed by atoms with van der Waals surface area (Å²) in [6.07, 6.45) is 4.71. The molecule has 0 saturated carbocycles. The number of anilines is 1. The monoisotopic (exact) mass is 388 g/mol. The Balaban J connectivity index is 1.47. The molecule has 4 rings (SSSR count). The molecule has 0 aliphatic carbocycles. The molecular weight excluding hydrogens is 379 g/mol. The predicted molar refractivity (Wildman–Crippen MR) is 94.3 cm³/mol. The van der Waals surface area contributed by atoms with Crippen LogP contribution in [0.15, 0.2) is 43.0 Å². The van der Waals surface area contributed by atoms with Gasteiger partial charge in [-0.3, -0.25) is 10.1 Å². The number of halogens is 2. The first kappa shape index (κ1) is 16.4. The summed E-state index contributed by atoms with van der Waals surface area (Å²) < 4.78 is 2.97. The molecule has 0 aliphatic rings. The zero-order valence-corrected chi connectivity index (χ0v) is 14.6. The molecule has 1 amide bonds. The minimum Gasteiger partial charge on any atom is -0.286 e. The largest absolute Gasteiger partial charge is 0.297 e. The summed E-state index contributed by atoms with van der Waals surface area (Å²) in [4.78, 5) is 24.3. The van der Waals surface area contributed by atoms with Crippen LogP contribution in [0.4, 0.5) is 5.95 Å². The lowest BCUT2D eigenvalue weighted by Crippen LogP contribution is -2.15. The minimum absolute atomic E-state index is 0.0236.